The Morgan fingerprint density at radius 1 is 1.25 bits per heavy atom. The number of ether oxygens (including phenoxy) is 2. The Morgan fingerprint density at radius 3 is 2.58 bits per heavy atom. The van der Waals surface area contributed by atoms with Crippen LogP contribution in [0, 0.1) is 0 Å². The first-order chi connectivity index (χ1) is 11.5. The monoisotopic (exact) mass is 392 g/mol. The summed E-state index contributed by atoms with van der Waals surface area (Å²) in [6.07, 6.45) is 2.94. The number of amides is 1. The first kappa shape index (κ1) is 17.9. The smallest absolute Gasteiger partial charge is 0.340 e. The van der Waals surface area contributed by atoms with Gasteiger partial charge in [0.25, 0.3) is 5.91 Å². The third-order valence-electron chi connectivity index (χ3n) is 3.27. The van der Waals surface area contributed by atoms with Crippen LogP contribution in [-0.4, -0.2) is 30.6 Å². The highest BCUT2D eigenvalue weighted by molar-refractivity contribution is 9.10. The number of methoxy groups -OCH3 is 1. The lowest BCUT2D eigenvalue weighted by atomic mass is 10.1. The zero-order valence-corrected chi connectivity index (χ0v) is 14.9. The normalized spacial score (nSPS) is 11.5. The molecule has 24 heavy (non-hydrogen) atoms. The Balaban J connectivity index is 1.85. The van der Waals surface area contributed by atoms with Crippen molar-refractivity contribution >= 4 is 27.8 Å². The fourth-order valence-corrected chi connectivity index (χ4v) is 2.36. The fourth-order valence-electron chi connectivity index (χ4n) is 2.00. The zero-order valence-electron chi connectivity index (χ0n) is 13.3. The maximum Gasteiger partial charge on any atom is 0.340 e. The topological polar surface area (TPSA) is 77.5 Å². The van der Waals surface area contributed by atoms with Crippen LogP contribution in [0.4, 0.5) is 0 Å². The van der Waals surface area contributed by atoms with Gasteiger partial charge in [-0.3, -0.25) is 9.78 Å². The third kappa shape index (κ3) is 5.06. The Labute approximate surface area is 148 Å². The molecule has 0 saturated carbocycles. The Kier molecular flexibility index (Phi) is 6.31. The molecule has 0 fully saturated rings. The van der Waals surface area contributed by atoms with Crippen LogP contribution in [0.25, 0.3) is 0 Å². The molecular formula is C17H17BrN2O4. The van der Waals surface area contributed by atoms with E-state index < -0.39 is 5.97 Å². The van der Waals surface area contributed by atoms with Crippen molar-refractivity contribution in [3.63, 3.8) is 0 Å². The Morgan fingerprint density at radius 2 is 1.96 bits per heavy atom. The molecule has 2 aromatic rings. The van der Waals surface area contributed by atoms with Crippen molar-refractivity contribution in [3.8, 4) is 5.75 Å². The summed E-state index contributed by atoms with van der Waals surface area (Å²) in [6.45, 7) is 1.49. The molecule has 1 aromatic carbocycles. The molecule has 0 aliphatic carbocycles. The van der Waals surface area contributed by atoms with E-state index in [9.17, 15) is 9.59 Å². The average molecular weight is 393 g/mol. The van der Waals surface area contributed by atoms with Crippen LogP contribution in [-0.2, 0) is 9.53 Å². The van der Waals surface area contributed by atoms with Crippen LogP contribution in [0.2, 0.25) is 0 Å². The molecule has 0 radical (unpaired) electrons. The van der Waals surface area contributed by atoms with Gasteiger partial charge < -0.3 is 14.8 Å². The summed E-state index contributed by atoms with van der Waals surface area (Å²) in [6, 6.07) is 8.73. The van der Waals surface area contributed by atoms with Gasteiger partial charge in [0.15, 0.2) is 6.61 Å². The second kappa shape index (κ2) is 8.44. The van der Waals surface area contributed by atoms with Crippen LogP contribution in [0.3, 0.4) is 0 Å². The largest absolute Gasteiger partial charge is 0.497 e. The van der Waals surface area contributed by atoms with Crippen molar-refractivity contribution in [1.82, 2.24) is 10.3 Å². The highest BCUT2D eigenvalue weighted by Gasteiger charge is 2.13. The molecule has 1 amide bonds. The SMILES string of the molecule is COc1ccc(C(C)NC(=O)COC(=O)c2cncc(Br)c2)cc1. The molecule has 126 valence electrons. The van der Waals surface area contributed by atoms with Crippen molar-refractivity contribution in [3.05, 3.63) is 58.3 Å². The van der Waals surface area contributed by atoms with Gasteiger partial charge >= 0.3 is 5.97 Å². The number of carbonyl (C=O) groups is 2. The number of halogens is 1. The molecular weight excluding hydrogens is 376 g/mol. The number of rotatable bonds is 6. The summed E-state index contributed by atoms with van der Waals surface area (Å²) in [7, 11) is 1.59. The summed E-state index contributed by atoms with van der Waals surface area (Å²) in [5, 5.41) is 2.77. The number of nitrogens with one attached hydrogen (secondary N) is 1. The molecule has 6 nitrogen and oxygen atoms in total. The van der Waals surface area contributed by atoms with Crippen molar-refractivity contribution in [1.29, 1.82) is 0 Å². The second-order valence-electron chi connectivity index (χ2n) is 5.03. The lowest BCUT2D eigenvalue weighted by Gasteiger charge is -2.15. The number of hydrogen-bond acceptors (Lipinski definition) is 5. The van der Waals surface area contributed by atoms with Gasteiger partial charge in [-0.25, -0.2) is 4.79 Å². The van der Waals surface area contributed by atoms with Gasteiger partial charge in [-0.15, -0.1) is 0 Å². The van der Waals surface area contributed by atoms with Gasteiger partial charge in [0.05, 0.1) is 18.7 Å². The lowest BCUT2D eigenvalue weighted by Crippen LogP contribution is -2.31. The van der Waals surface area contributed by atoms with Gasteiger partial charge in [0, 0.05) is 16.9 Å². The van der Waals surface area contributed by atoms with Crippen molar-refractivity contribution in [2.45, 2.75) is 13.0 Å². The van der Waals surface area contributed by atoms with Crippen molar-refractivity contribution in [2.75, 3.05) is 13.7 Å². The number of benzene rings is 1. The minimum Gasteiger partial charge on any atom is -0.497 e. The first-order valence-electron chi connectivity index (χ1n) is 7.20. The maximum atomic E-state index is 11.9. The molecule has 7 heteroatoms. The number of aromatic nitrogens is 1. The van der Waals surface area contributed by atoms with Crippen LogP contribution >= 0.6 is 15.9 Å². The van der Waals surface area contributed by atoms with E-state index in [1.807, 2.05) is 31.2 Å². The van der Waals surface area contributed by atoms with Crippen molar-refractivity contribution < 1.29 is 19.1 Å². The first-order valence-corrected chi connectivity index (χ1v) is 8.00. The van der Waals surface area contributed by atoms with Crippen LogP contribution < -0.4 is 10.1 Å². The molecule has 2 rings (SSSR count). The summed E-state index contributed by atoms with van der Waals surface area (Å²) >= 11 is 3.22. The van der Waals surface area contributed by atoms with E-state index in [1.165, 1.54) is 6.20 Å². The summed E-state index contributed by atoms with van der Waals surface area (Å²) in [4.78, 5) is 27.6. The standard InChI is InChI=1S/C17H17BrN2O4/c1-11(12-3-5-15(23-2)6-4-12)20-16(21)10-24-17(22)13-7-14(18)9-19-8-13/h3-9,11H,10H2,1-2H3,(H,20,21). The van der Waals surface area contributed by atoms with E-state index >= 15 is 0 Å². The predicted octanol–water partition coefficient (Wildman–Crippen LogP) is 2.89. The van der Waals surface area contributed by atoms with Gasteiger partial charge in [0.1, 0.15) is 5.75 Å². The van der Waals surface area contributed by atoms with E-state index in [1.54, 1.807) is 19.4 Å². The molecule has 1 N–H and O–H groups in total. The summed E-state index contributed by atoms with van der Waals surface area (Å²) < 4.78 is 10.7. The second-order valence-corrected chi connectivity index (χ2v) is 5.95. The van der Waals surface area contributed by atoms with E-state index in [0.717, 1.165) is 11.3 Å². The number of hydrogen-bond donors (Lipinski definition) is 1. The third-order valence-corrected chi connectivity index (χ3v) is 3.70. The zero-order chi connectivity index (χ0) is 17.5. The van der Waals surface area contributed by atoms with Crippen LogP contribution in [0.1, 0.15) is 28.9 Å². The number of esters is 1. The highest BCUT2D eigenvalue weighted by Crippen LogP contribution is 2.17. The quantitative estimate of drug-likeness (QED) is 0.764. The summed E-state index contributed by atoms with van der Waals surface area (Å²) in [5.41, 5.74) is 1.20. The molecule has 0 aliphatic rings. The average Bonchev–Trinajstić information content (AvgIpc) is 2.59. The van der Waals surface area contributed by atoms with E-state index in [2.05, 4.69) is 26.2 Å². The minimum atomic E-state index is -0.601. The van der Waals surface area contributed by atoms with Gasteiger partial charge in [0.2, 0.25) is 0 Å². The molecule has 1 unspecified atom stereocenters. The van der Waals surface area contributed by atoms with Gasteiger partial charge in [-0.1, -0.05) is 12.1 Å². The molecule has 1 atom stereocenters. The van der Waals surface area contributed by atoms with E-state index in [-0.39, 0.29) is 24.1 Å². The van der Waals surface area contributed by atoms with Gasteiger partial charge in [-0.05, 0) is 46.6 Å². The van der Waals surface area contributed by atoms with E-state index in [4.69, 9.17) is 9.47 Å². The molecule has 1 heterocycles. The van der Waals surface area contributed by atoms with Gasteiger partial charge in [-0.2, -0.15) is 0 Å². The van der Waals surface area contributed by atoms with Crippen molar-refractivity contribution in [2.24, 2.45) is 0 Å². The van der Waals surface area contributed by atoms with E-state index in [0.29, 0.717) is 4.47 Å². The Bertz CT molecular complexity index is 719. The van der Waals surface area contributed by atoms with Crippen LogP contribution in [0.5, 0.6) is 5.75 Å². The number of pyridine rings is 1. The summed E-state index contributed by atoms with van der Waals surface area (Å²) in [5.74, 6) is -0.237. The highest BCUT2D eigenvalue weighted by atomic mass is 79.9. The fraction of sp³-hybridized carbons (Fsp3) is 0.235. The van der Waals surface area contributed by atoms with Crippen LogP contribution in [0.15, 0.2) is 47.2 Å². The number of nitrogens with zero attached hydrogens (tertiary/aromatic N) is 1. The predicted molar refractivity (Wildman–Crippen MR) is 91.8 cm³/mol. The molecule has 0 aliphatic heterocycles. The Hall–Kier alpha value is -2.41. The molecule has 1 aromatic heterocycles. The minimum absolute atomic E-state index is 0.213. The molecule has 0 spiro atoms. The lowest BCUT2D eigenvalue weighted by molar-refractivity contribution is -0.124. The molecule has 0 saturated heterocycles. The number of carbonyl (C=O) groups excluding carboxylic acids is 2. The maximum absolute atomic E-state index is 11.9. The molecule has 0 bridgehead atoms.